The zero-order chi connectivity index (χ0) is 17.3. The molecule has 3 aromatic rings. The summed E-state index contributed by atoms with van der Waals surface area (Å²) in [5.74, 6) is -0.255. The lowest BCUT2D eigenvalue weighted by Gasteiger charge is -2.22. The van der Waals surface area contributed by atoms with Gasteiger partial charge >= 0.3 is 0 Å². The van der Waals surface area contributed by atoms with Gasteiger partial charge in [-0.1, -0.05) is 36.4 Å². The van der Waals surface area contributed by atoms with Gasteiger partial charge in [0.2, 0.25) is 0 Å². The molecule has 0 atom stereocenters. The fourth-order valence-electron chi connectivity index (χ4n) is 2.49. The second-order valence-corrected chi connectivity index (χ2v) is 6.78. The molecule has 0 saturated carbocycles. The second-order valence-electron chi connectivity index (χ2n) is 5.30. The minimum atomic E-state index is -4.08. The third kappa shape index (κ3) is 3.10. The maximum Gasteiger partial charge on any atom is 0.152 e. The predicted molar refractivity (Wildman–Crippen MR) is 94.7 cm³/mol. The average molecular weight is 344 g/mol. The SMILES string of the molecule is Cc1cccc2cc(S(O)(O)O)c(N=Nc3ccccc3)c(O)c12. The molecule has 0 aromatic heterocycles. The Balaban J connectivity index is 2.26. The standard InChI is InChI=1S/C17H16N2O4S/c1-11-6-5-7-12-10-14(24(21,22)23)16(17(20)15(11)12)19-18-13-8-3-2-4-9-13/h2-10,20-23H,1H3. The van der Waals surface area contributed by atoms with E-state index in [-0.39, 0.29) is 16.3 Å². The molecule has 0 aliphatic carbocycles. The third-order valence-electron chi connectivity index (χ3n) is 3.60. The van der Waals surface area contributed by atoms with Crippen molar-refractivity contribution < 1.29 is 18.8 Å². The highest BCUT2D eigenvalue weighted by Crippen LogP contribution is 2.54. The van der Waals surface area contributed by atoms with Gasteiger partial charge in [-0.3, -0.25) is 0 Å². The molecule has 0 fully saturated rings. The zero-order valence-electron chi connectivity index (χ0n) is 12.8. The number of hydrogen-bond donors (Lipinski definition) is 4. The van der Waals surface area contributed by atoms with Gasteiger partial charge < -0.3 is 18.8 Å². The van der Waals surface area contributed by atoms with Gasteiger partial charge in [0.05, 0.1) is 10.6 Å². The van der Waals surface area contributed by atoms with Crippen LogP contribution in [0.25, 0.3) is 10.8 Å². The van der Waals surface area contributed by atoms with Crippen molar-refractivity contribution in [1.29, 1.82) is 0 Å². The highest BCUT2D eigenvalue weighted by Gasteiger charge is 2.25. The van der Waals surface area contributed by atoms with Gasteiger partial charge in [0, 0.05) is 5.39 Å². The van der Waals surface area contributed by atoms with Crippen LogP contribution in [0.3, 0.4) is 0 Å². The fraction of sp³-hybridized carbons (Fsp3) is 0.0588. The summed E-state index contributed by atoms with van der Waals surface area (Å²) in [6, 6.07) is 15.5. The monoisotopic (exact) mass is 344 g/mol. The smallest absolute Gasteiger partial charge is 0.152 e. The summed E-state index contributed by atoms with van der Waals surface area (Å²) in [6.07, 6.45) is 0. The van der Waals surface area contributed by atoms with Gasteiger partial charge in [-0.25, -0.2) is 0 Å². The molecule has 0 amide bonds. The van der Waals surface area contributed by atoms with Crippen LogP contribution in [0.15, 0.2) is 69.7 Å². The van der Waals surface area contributed by atoms with Crippen molar-refractivity contribution in [2.75, 3.05) is 0 Å². The molecule has 0 spiro atoms. The number of phenolic OH excluding ortho intramolecular Hbond substituents is 1. The lowest BCUT2D eigenvalue weighted by atomic mass is 10.0. The number of nitrogens with zero attached hydrogens (tertiary/aromatic N) is 2. The molecule has 0 radical (unpaired) electrons. The summed E-state index contributed by atoms with van der Waals surface area (Å²) < 4.78 is 29.1. The Kier molecular flexibility index (Phi) is 4.25. The maximum atomic E-state index is 10.6. The topological polar surface area (TPSA) is 106 Å². The molecule has 3 aromatic carbocycles. The highest BCUT2D eigenvalue weighted by molar-refractivity contribution is 8.19. The number of rotatable bonds is 3. The Morgan fingerprint density at radius 3 is 2.25 bits per heavy atom. The van der Waals surface area contributed by atoms with E-state index < -0.39 is 10.9 Å². The molecular weight excluding hydrogens is 328 g/mol. The summed E-state index contributed by atoms with van der Waals surface area (Å²) >= 11 is 0. The molecule has 124 valence electrons. The summed E-state index contributed by atoms with van der Waals surface area (Å²) in [4.78, 5) is -0.266. The third-order valence-corrected chi connectivity index (χ3v) is 4.50. The van der Waals surface area contributed by atoms with Gasteiger partial charge in [-0.05, 0) is 36.1 Å². The van der Waals surface area contributed by atoms with E-state index in [9.17, 15) is 18.8 Å². The van der Waals surface area contributed by atoms with Crippen LogP contribution < -0.4 is 0 Å². The number of phenols is 1. The first-order chi connectivity index (χ1) is 11.4. The van der Waals surface area contributed by atoms with E-state index in [0.29, 0.717) is 16.5 Å². The lowest BCUT2D eigenvalue weighted by molar-refractivity contribution is 0.375. The zero-order valence-corrected chi connectivity index (χ0v) is 13.6. The Morgan fingerprint density at radius 1 is 0.875 bits per heavy atom. The number of aromatic hydroxyl groups is 1. The van der Waals surface area contributed by atoms with Crippen LogP contribution in [-0.2, 0) is 0 Å². The van der Waals surface area contributed by atoms with Crippen molar-refractivity contribution in [3.05, 3.63) is 60.2 Å². The average Bonchev–Trinajstić information content (AvgIpc) is 2.54. The molecule has 6 nitrogen and oxygen atoms in total. The van der Waals surface area contributed by atoms with Crippen LogP contribution in [0.5, 0.6) is 5.75 Å². The normalized spacial score (nSPS) is 12.8. The van der Waals surface area contributed by atoms with Crippen LogP contribution in [-0.4, -0.2) is 18.8 Å². The first-order valence-electron chi connectivity index (χ1n) is 7.10. The lowest BCUT2D eigenvalue weighted by Crippen LogP contribution is -1.97. The second kappa shape index (κ2) is 6.21. The van der Waals surface area contributed by atoms with Crippen molar-refractivity contribution in [3.8, 4) is 5.75 Å². The summed E-state index contributed by atoms with van der Waals surface area (Å²) in [6.45, 7) is 1.82. The van der Waals surface area contributed by atoms with E-state index in [0.717, 1.165) is 5.56 Å². The van der Waals surface area contributed by atoms with Crippen LogP contribution in [0.2, 0.25) is 0 Å². The van der Waals surface area contributed by atoms with Crippen LogP contribution in [0.4, 0.5) is 11.4 Å². The quantitative estimate of drug-likeness (QED) is 0.447. The molecule has 4 N–H and O–H groups in total. The number of benzene rings is 3. The molecule has 24 heavy (non-hydrogen) atoms. The van der Waals surface area contributed by atoms with E-state index in [1.165, 1.54) is 6.07 Å². The number of fused-ring (bicyclic) bond motifs is 1. The van der Waals surface area contributed by atoms with Gasteiger partial charge in [-0.15, -0.1) is 5.11 Å². The fourth-order valence-corrected chi connectivity index (χ4v) is 3.17. The Hall–Kier alpha value is -2.45. The van der Waals surface area contributed by atoms with E-state index in [1.807, 2.05) is 19.1 Å². The Morgan fingerprint density at radius 2 is 1.58 bits per heavy atom. The summed E-state index contributed by atoms with van der Waals surface area (Å²) in [5.41, 5.74) is 1.16. The Labute approximate surface area is 140 Å². The maximum absolute atomic E-state index is 10.6. The molecule has 0 aliphatic heterocycles. The molecule has 0 saturated heterocycles. The molecular formula is C17H16N2O4S. The molecule has 7 heteroatoms. The van der Waals surface area contributed by atoms with Crippen molar-refractivity contribution in [3.63, 3.8) is 0 Å². The number of azo groups is 1. The van der Waals surface area contributed by atoms with Crippen molar-refractivity contribution in [2.45, 2.75) is 11.8 Å². The molecule has 3 rings (SSSR count). The van der Waals surface area contributed by atoms with Crippen LogP contribution in [0.1, 0.15) is 5.56 Å². The first kappa shape index (κ1) is 16.4. The Bertz CT molecular complexity index is 921. The number of hydrogen-bond acceptors (Lipinski definition) is 6. The van der Waals surface area contributed by atoms with E-state index in [1.54, 1.807) is 36.4 Å². The van der Waals surface area contributed by atoms with Gasteiger partial charge in [0.15, 0.2) is 5.75 Å². The minimum absolute atomic E-state index is 0.164. The van der Waals surface area contributed by atoms with Crippen molar-refractivity contribution in [2.24, 2.45) is 10.2 Å². The van der Waals surface area contributed by atoms with E-state index >= 15 is 0 Å². The van der Waals surface area contributed by atoms with Gasteiger partial charge in [-0.2, -0.15) is 5.11 Å². The minimum Gasteiger partial charge on any atom is -0.505 e. The summed E-state index contributed by atoms with van der Waals surface area (Å²) in [5, 5.41) is 19.6. The predicted octanol–water partition coefficient (Wildman–Crippen LogP) is 5.85. The number of aryl methyl sites for hydroxylation is 1. The van der Waals surface area contributed by atoms with E-state index in [2.05, 4.69) is 10.2 Å². The highest BCUT2D eigenvalue weighted by atomic mass is 32.3. The molecule has 0 heterocycles. The molecule has 0 aliphatic rings. The van der Waals surface area contributed by atoms with Gasteiger partial charge in [0.25, 0.3) is 0 Å². The van der Waals surface area contributed by atoms with Gasteiger partial charge in [0.1, 0.15) is 16.6 Å². The molecule has 0 bridgehead atoms. The molecule has 0 unspecified atom stereocenters. The van der Waals surface area contributed by atoms with Crippen LogP contribution in [0, 0.1) is 6.92 Å². The first-order valence-corrected chi connectivity index (χ1v) is 8.61. The largest absolute Gasteiger partial charge is 0.505 e. The van der Waals surface area contributed by atoms with Crippen LogP contribution >= 0.6 is 10.9 Å². The van der Waals surface area contributed by atoms with E-state index in [4.69, 9.17) is 0 Å². The summed E-state index contributed by atoms with van der Waals surface area (Å²) in [7, 11) is -4.08. The van der Waals surface area contributed by atoms with Crippen molar-refractivity contribution in [1.82, 2.24) is 0 Å². The van der Waals surface area contributed by atoms with Crippen molar-refractivity contribution >= 4 is 33.0 Å².